The van der Waals surface area contributed by atoms with Crippen molar-refractivity contribution in [3.8, 4) is 5.69 Å². The summed E-state index contributed by atoms with van der Waals surface area (Å²) >= 11 is 0. The van der Waals surface area contributed by atoms with E-state index in [2.05, 4.69) is 40.6 Å². The zero-order valence-electron chi connectivity index (χ0n) is 13.8. The Hall–Kier alpha value is -2.89. The van der Waals surface area contributed by atoms with E-state index < -0.39 is 0 Å². The number of fused-ring (bicyclic) bond motifs is 1. The van der Waals surface area contributed by atoms with Gasteiger partial charge in [-0.15, -0.1) is 0 Å². The van der Waals surface area contributed by atoms with E-state index in [0.29, 0.717) is 12.2 Å². The first kappa shape index (κ1) is 14.7. The van der Waals surface area contributed by atoms with Gasteiger partial charge >= 0.3 is 0 Å². The van der Waals surface area contributed by atoms with Crippen LogP contribution in [-0.4, -0.2) is 36.7 Å². The largest absolute Gasteiger partial charge is 0.345 e. The molecule has 0 bridgehead atoms. The number of aromatic nitrogens is 4. The van der Waals surface area contributed by atoms with Crippen LogP contribution in [0.3, 0.4) is 0 Å². The minimum Gasteiger partial charge on any atom is -0.345 e. The molecule has 0 radical (unpaired) electrons. The van der Waals surface area contributed by atoms with Crippen LogP contribution in [0, 0.1) is 6.92 Å². The predicted octanol–water partition coefficient (Wildman–Crippen LogP) is 2.59. The molecule has 1 amide bonds. The predicted molar refractivity (Wildman–Crippen MR) is 90.0 cm³/mol. The van der Waals surface area contributed by atoms with E-state index in [9.17, 15) is 4.79 Å². The summed E-state index contributed by atoms with van der Waals surface area (Å²) in [7, 11) is 0. The summed E-state index contributed by atoms with van der Waals surface area (Å²) in [5.74, 6) is -0.0402. The molecule has 3 aromatic rings. The molecule has 4 rings (SSSR count). The summed E-state index contributed by atoms with van der Waals surface area (Å²) < 4.78 is 4.01. The van der Waals surface area contributed by atoms with E-state index in [4.69, 9.17) is 0 Å². The van der Waals surface area contributed by atoms with E-state index >= 15 is 0 Å². The SMILES string of the molecule is Cc1ccc2n1CCN(C(=O)c1cc(-n3cccn3)ccn1)C2C. The van der Waals surface area contributed by atoms with Gasteiger partial charge in [0.25, 0.3) is 5.91 Å². The number of rotatable bonds is 2. The topological polar surface area (TPSA) is 56.0 Å². The fourth-order valence-electron chi connectivity index (χ4n) is 3.35. The third-order valence-electron chi connectivity index (χ3n) is 4.69. The van der Waals surface area contributed by atoms with Crippen LogP contribution in [0.4, 0.5) is 0 Å². The van der Waals surface area contributed by atoms with E-state index in [-0.39, 0.29) is 11.9 Å². The lowest BCUT2D eigenvalue weighted by atomic mass is 10.1. The quantitative estimate of drug-likeness (QED) is 0.729. The maximum Gasteiger partial charge on any atom is 0.273 e. The number of pyridine rings is 1. The van der Waals surface area contributed by atoms with E-state index in [0.717, 1.165) is 12.2 Å². The van der Waals surface area contributed by atoms with Crippen LogP contribution in [0.2, 0.25) is 0 Å². The van der Waals surface area contributed by atoms with Crippen LogP contribution >= 0.6 is 0 Å². The third kappa shape index (κ3) is 2.31. The lowest BCUT2D eigenvalue weighted by molar-refractivity contribution is 0.0636. The van der Waals surface area contributed by atoms with Crippen molar-refractivity contribution in [1.82, 2.24) is 24.2 Å². The van der Waals surface area contributed by atoms with Crippen molar-refractivity contribution in [1.29, 1.82) is 0 Å². The molecule has 6 heteroatoms. The number of hydrogen-bond donors (Lipinski definition) is 0. The smallest absolute Gasteiger partial charge is 0.273 e. The lowest BCUT2D eigenvalue weighted by Crippen LogP contribution is -2.41. The van der Waals surface area contributed by atoms with Gasteiger partial charge in [0.2, 0.25) is 0 Å². The van der Waals surface area contributed by atoms with Gasteiger partial charge in [-0.1, -0.05) is 0 Å². The second-order valence-electron chi connectivity index (χ2n) is 6.08. The number of nitrogens with zero attached hydrogens (tertiary/aromatic N) is 5. The van der Waals surface area contributed by atoms with Crippen LogP contribution in [0.1, 0.15) is 34.8 Å². The van der Waals surface area contributed by atoms with Crippen LogP contribution in [0.5, 0.6) is 0 Å². The Labute approximate surface area is 140 Å². The van der Waals surface area contributed by atoms with Gasteiger partial charge in [0.15, 0.2) is 0 Å². The van der Waals surface area contributed by atoms with Crippen LogP contribution < -0.4 is 0 Å². The Bertz CT molecular complexity index is 881. The number of carbonyl (C=O) groups is 1. The van der Waals surface area contributed by atoms with E-state index in [1.807, 2.05) is 23.2 Å². The van der Waals surface area contributed by atoms with Gasteiger partial charge in [-0.3, -0.25) is 9.78 Å². The van der Waals surface area contributed by atoms with Gasteiger partial charge in [0, 0.05) is 43.1 Å². The minimum absolute atomic E-state index is 0.0371. The van der Waals surface area contributed by atoms with Gasteiger partial charge in [-0.25, -0.2) is 4.68 Å². The number of amides is 1. The summed E-state index contributed by atoms with van der Waals surface area (Å²) in [6, 6.07) is 9.74. The highest BCUT2D eigenvalue weighted by atomic mass is 16.2. The fraction of sp³-hybridized carbons (Fsp3) is 0.278. The molecule has 0 spiro atoms. The molecule has 0 aliphatic carbocycles. The second-order valence-corrected chi connectivity index (χ2v) is 6.08. The molecule has 0 aromatic carbocycles. The van der Waals surface area contributed by atoms with E-state index in [1.165, 1.54) is 11.4 Å². The summed E-state index contributed by atoms with van der Waals surface area (Å²) in [6.07, 6.45) is 5.22. The molecule has 1 aliphatic heterocycles. The molecule has 1 aliphatic rings. The van der Waals surface area contributed by atoms with Crippen LogP contribution in [0.25, 0.3) is 5.69 Å². The average molecular weight is 321 g/mol. The molecule has 6 nitrogen and oxygen atoms in total. The van der Waals surface area contributed by atoms with Crippen molar-refractivity contribution >= 4 is 5.91 Å². The lowest BCUT2D eigenvalue weighted by Gasteiger charge is -2.35. The Morgan fingerprint density at radius 3 is 2.88 bits per heavy atom. The summed E-state index contributed by atoms with van der Waals surface area (Å²) in [5.41, 5.74) is 3.70. The molecule has 0 saturated heterocycles. The molecule has 0 fully saturated rings. The van der Waals surface area contributed by atoms with Crippen molar-refractivity contribution in [2.24, 2.45) is 0 Å². The Morgan fingerprint density at radius 1 is 1.21 bits per heavy atom. The summed E-state index contributed by atoms with van der Waals surface area (Å²) in [5, 5.41) is 4.21. The molecule has 1 atom stereocenters. The van der Waals surface area contributed by atoms with Crippen molar-refractivity contribution in [3.05, 3.63) is 66.0 Å². The molecule has 24 heavy (non-hydrogen) atoms. The first-order chi connectivity index (χ1) is 11.6. The molecule has 4 heterocycles. The maximum absolute atomic E-state index is 13.0. The molecule has 0 saturated carbocycles. The van der Waals surface area contributed by atoms with Gasteiger partial charge in [0.05, 0.1) is 11.7 Å². The van der Waals surface area contributed by atoms with Gasteiger partial charge < -0.3 is 9.47 Å². The second kappa shape index (κ2) is 5.63. The van der Waals surface area contributed by atoms with Gasteiger partial charge in [-0.2, -0.15) is 5.10 Å². The average Bonchev–Trinajstić information content (AvgIpc) is 3.26. The van der Waals surface area contributed by atoms with Crippen molar-refractivity contribution < 1.29 is 4.79 Å². The molecule has 3 aromatic heterocycles. The number of carbonyl (C=O) groups excluding carboxylic acids is 1. The number of hydrogen-bond acceptors (Lipinski definition) is 3. The minimum atomic E-state index is -0.0402. The highest BCUT2D eigenvalue weighted by Gasteiger charge is 2.29. The standard InChI is InChI=1S/C18H19N5O/c1-13-4-5-17-14(2)22(11-10-21(13)17)18(24)16-12-15(6-8-19-16)23-9-3-7-20-23/h3-9,12,14H,10-11H2,1-2H3. The van der Waals surface area contributed by atoms with Gasteiger partial charge in [0.1, 0.15) is 5.69 Å². The third-order valence-corrected chi connectivity index (χ3v) is 4.69. The molecule has 1 unspecified atom stereocenters. The summed E-state index contributed by atoms with van der Waals surface area (Å²) in [6.45, 7) is 5.68. The molecular formula is C18H19N5O. The fourth-order valence-corrected chi connectivity index (χ4v) is 3.35. The maximum atomic E-state index is 13.0. The molecule has 0 N–H and O–H groups in total. The van der Waals surface area contributed by atoms with E-state index in [1.54, 1.807) is 23.1 Å². The normalized spacial score (nSPS) is 16.9. The Kier molecular flexibility index (Phi) is 3.45. The van der Waals surface area contributed by atoms with Crippen LogP contribution in [-0.2, 0) is 6.54 Å². The van der Waals surface area contributed by atoms with Gasteiger partial charge in [-0.05, 0) is 44.2 Å². The highest BCUT2D eigenvalue weighted by molar-refractivity contribution is 5.93. The summed E-state index contributed by atoms with van der Waals surface area (Å²) in [4.78, 5) is 19.1. The Balaban J connectivity index is 1.64. The first-order valence-electron chi connectivity index (χ1n) is 8.08. The van der Waals surface area contributed by atoms with Crippen LogP contribution in [0.15, 0.2) is 48.9 Å². The monoisotopic (exact) mass is 321 g/mol. The number of aryl methyl sites for hydroxylation is 1. The highest BCUT2D eigenvalue weighted by Crippen LogP contribution is 2.28. The Morgan fingerprint density at radius 2 is 2.08 bits per heavy atom. The van der Waals surface area contributed by atoms with Crippen molar-refractivity contribution in [3.63, 3.8) is 0 Å². The van der Waals surface area contributed by atoms with Crippen molar-refractivity contribution in [2.45, 2.75) is 26.4 Å². The zero-order chi connectivity index (χ0) is 16.7. The molecular weight excluding hydrogens is 302 g/mol. The van der Waals surface area contributed by atoms with Crippen molar-refractivity contribution in [2.75, 3.05) is 6.54 Å². The first-order valence-corrected chi connectivity index (χ1v) is 8.08. The molecule has 122 valence electrons. The zero-order valence-corrected chi connectivity index (χ0v) is 13.8.